The van der Waals surface area contributed by atoms with Crippen molar-refractivity contribution < 1.29 is 4.79 Å². The third-order valence-corrected chi connectivity index (χ3v) is 1.83. The molecular formula is C9H13NO. The van der Waals surface area contributed by atoms with Crippen LogP contribution in [-0.2, 0) is 4.79 Å². The summed E-state index contributed by atoms with van der Waals surface area (Å²) in [5, 5.41) is 0. The van der Waals surface area contributed by atoms with Crippen molar-refractivity contribution in [3.8, 4) is 0 Å². The maximum absolute atomic E-state index is 11.3. The highest BCUT2D eigenvalue weighted by Crippen LogP contribution is 2.17. The zero-order chi connectivity index (χ0) is 8.27. The number of carbonyl (C=O) groups is 1. The van der Waals surface area contributed by atoms with Crippen LogP contribution in [0.25, 0.3) is 0 Å². The van der Waals surface area contributed by atoms with Crippen LogP contribution in [0.2, 0.25) is 0 Å². The molecule has 0 bridgehead atoms. The first-order valence-electron chi connectivity index (χ1n) is 3.92. The molecule has 0 atom stereocenters. The van der Waals surface area contributed by atoms with Crippen molar-refractivity contribution in [2.45, 2.75) is 19.8 Å². The maximum Gasteiger partial charge on any atom is 0.253 e. The third kappa shape index (κ3) is 1.50. The Morgan fingerprint density at radius 1 is 1.73 bits per heavy atom. The summed E-state index contributed by atoms with van der Waals surface area (Å²) in [5.74, 6) is 0.127. The number of rotatable bonds is 2. The van der Waals surface area contributed by atoms with Gasteiger partial charge in [0.15, 0.2) is 0 Å². The topological polar surface area (TPSA) is 20.3 Å². The fourth-order valence-electron chi connectivity index (χ4n) is 1.24. The van der Waals surface area contributed by atoms with Gasteiger partial charge in [0.25, 0.3) is 5.91 Å². The molecule has 0 N–H and O–H groups in total. The molecule has 0 aromatic rings. The van der Waals surface area contributed by atoms with Gasteiger partial charge in [-0.05, 0) is 19.0 Å². The fraction of sp³-hybridized carbons (Fsp3) is 0.444. The Morgan fingerprint density at radius 3 is 2.91 bits per heavy atom. The molecule has 0 saturated carbocycles. The van der Waals surface area contributed by atoms with Gasteiger partial charge in [-0.1, -0.05) is 19.6 Å². The molecule has 0 aliphatic carbocycles. The van der Waals surface area contributed by atoms with E-state index in [4.69, 9.17) is 0 Å². The lowest BCUT2D eigenvalue weighted by Crippen LogP contribution is -2.17. The van der Waals surface area contributed by atoms with Gasteiger partial charge in [0.1, 0.15) is 0 Å². The molecule has 1 saturated heterocycles. The van der Waals surface area contributed by atoms with Crippen molar-refractivity contribution >= 4 is 5.91 Å². The number of carbonyl (C=O) groups excluding carboxylic acids is 1. The zero-order valence-electron chi connectivity index (χ0n) is 6.84. The fourth-order valence-corrected chi connectivity index (χ4v) is 1.24. The van der Waals surface area contributed by atoms with Crippen molar-refractivity contribution in [2.24, 2.45) is 0 Å². The van der Waals surface area contributed by atoms with Gasteiger partial charge in [-0.25, -0.2) is 0 Å². The highest BCUT2D eigenvalue weighted by Gasteiger charge is 2.22. The van der Waals surface area contributed by atoms with E-state index in [0.29, 0.717) is 0 Å². The summed E-state index contributed by atoms with van der Waals surface area (Å²) in [5.41, 5.74) is 0.937. The highest BCUT2D eigenvalue weighted by molar-refractivity contribution is 5.96. The molecule has 11 heavy (non-hydrogen) atoms. The number of hydrogen-bond donors (Lipinski definition) is 0. The molecule has 0 aromatic heterocycles. The summed E-state index contributed by atoms with van der Waals surface area (Å²) in [6.45, 7) is 6.40. The first-order valence-corrected chi connectivity index (χ1v) is 3.92. The largest absolute Gasteiger partial charge is 0.316 e. The monoisotopic (exact) mass is 151 g/mol. The van der Waals surface area contributed by atoms with Gasteiger partial charge >= 0.3 is 0 Å². The van der Waals surface area contributed by atoms with Crippen LogP contribution in [0.4, 0.5) is 0 Å². The Labute approximate surface area is 67.2 Å². The Balaban J connectivity index is 2.70. The summed E-state index contributed by atoms with van der Waals surface area (Å²) >= 11 is 0. The molecule has 1 amide bonds. The predicted octanol–water partition coefficient (Wildman–Crippen LogP) is 1.70. The first-order chi connectivity index (χ1) is 5.29. The Bertz CT molecular complexity index is 206. The highest BCUT2D eigenvalue weighted by atomic mass is 16.2. The lowest BCUT2D eigenvalue weighted by Gasteiger charge is -2.05. The molecule has 2 heteroatoms. The molecule has 0 aromatic carbocycles. The minimum atomic E-state index is 0.127. The lowest BCUT2D eigenvalue weighted by molar-refractivity contribution is -0.122. The van der Waals surface area contributed by atoms with Crippen molar-refractivity contribution in [3.63, 3.8) is 0 Å². The molecule has 0 spiro atoms. The van der Waals surface area contributed by atoms with Crippen LogP contribution in [0.3, 0.4) is 0 Å². The summed E-state index contributed by atoms with van der Waals surface area (Å²) in [7, 11) is 0. The Morgan fingerprint density at radius 2 is 2.45 bits per heavy atom. The van der Waals surface area contributed by atoms with E-state index in [9.17, 15) is 4.79 Å². The van der Waals surface area contributed by atoms with Crippen molar-refractivity contribution in [1.29, 1.82) is 0 Å². The minimum Gasteiger partial charge on any atom is -0.316 e. The molecule has 60 valence electrons. The quantitative estimate of drug-likeness (QED) is 0.550. The Hall–Kier alpha value is -1.05. The van der Waals surface area contributed by atoms with Crippen LogP contribution in [-0.4, -0.2) is 17.4 Å². The second-order valence-electron chi connectivity index (χ2n) is 2.57. The molecule has 1 heterocycles. The van der Waals surface area contributed by atoms with E-state index >= 15 is 0 Å². The predicted molar refractivity (Wildman–Crippen MR) is 44.9 cm³/mol. The van der Waals surface area contributed by atoms with Gasteiger partial charge in [-0.3, -0.25) is 4.79 Å². The van der Waals surface area contributed by atoms with Gasteiger partial charge in [0.05, 0.1) is 0 Å². The van der Waals surface area contributed by atoms with E-state index < -0.39 is 0 Å². The zero-order valence-corrected chi connectivity index (χ0v) is 6.84. The van der Waals surface area contributed by atoms with Gasteiger partial charge in [-0.2, -0.15) is 0 Å². The number of hydrogen-bond acceptors (Lipinski definition) is 1. The molecule has 2 nitrogen and oxygen atoms in total. The molecular weight excluding hydrogens is 138 g/mol. The molecule has 1 rings (SSSR count). The number of allylic oxidation sites excluding steroid dienone is 1. The average Bonchev–Trinajstić information content (AvgIpc) is 2.34. The molecule has 1 aliphatic heterocycles. The van der Waals surface area contributed by atoms with E-state index in [1.807, 2.05) is 13.0 Å². The van der Waals surface area contributed by atoms with Crippen molar-refractivity contribution in [3.05, 3.63) is 24.4 Å². The Kier molecular flexibility index (Phi) is 2.47. The van der Waals surface area contributed by atoms with E-state index in [-0.39, 0.29) is 5.91 Å². The van der Waals surface area contributed by atoms with Crippen LogP contribution in [0.1, 0.15) is 19.8 Å². The van der Waals surface area contributed by atoms with E-state index in [1.165, 1.54) is 0 Å². The van der Waals surface area contributed by atoms with Crippen LogP contribution in [0.15, 0.2) is 24.4 Å². The number of likely N-dealkylation sites (tertiary alicyclic amines) is 1. The maximum atomic E-state index is 11.3. The van der Waals surface area contributed by atoms with Crippen LogP contribution in [0, 0.1) is 0 Å². The second-order valence-corrected chi connectivity index (χ2v) is 2.57. The van der Waals surface area contributed by atoms with Gasteiger partial charge < -0.3 is 4.90 Å². The SMILES string of the molecule is C=CN1CCC(=CCC)C1=O. The van der Waals surface area contributed by atoms with E-state index in [2.05, 4.69) is 6.58 Å². The smallest absolute Gasteiger partial charge is 0.253 e. The normalized spacial score (nSPS) is 21.4. The third-order valence-electron chi connectivity index (χ3n) is 1.83. The summed E-state index contributed by atoms with van der Waals surface area (Å²) in [4.78, 5) is 13.0. The van der Waals surface area contributed by atoms with Gasteiger partial charge in [-0.15, -0.1) is 0 Å². The molecule has 0 unspecified atom stereocenters. The summed E-state index contributed by atoms with van der Waals surface area (Å²) < 4.78 is 0. The lowest BCUT2D eigenvalue weighted by atomic mass is 10.2. The summed E-state index contributed by atoms with van der Waals surface area (Å²) in [6, 6.07) is 0. The van der Waals surface area contributed by atoms with Crippen molar-refractivity contribution in [1.82, 2.24) is 4.90 Å². The van der Waals surface area contributed by atoms with Crippen LogP contribution >= 0.6 is 0 Å². The minimum absolute atomic E-state index is 0.127. The average molecular weight is 151 g/mol. The van der Waals surface area contributed by atoms with Crippen molar-refractivity contribution in [2.75, 3.05) is 6.54 Å². The second kappa shape index (κ2) is 3.37. The molecule has 1 aliphatic rings. The van der Waals surface area contributed by atoms with E-state index in [0.717, 1.165) is 25.0 Å². The molecule has 0 radical (unpaired) electrons. The summed E-state index contributed by atoms with van der Waals surface area (Å²) in [6.07, 6.45) is 5.40. The molecule has 1 fully saturated rings. The number of nitrogens with zero attached hydrogens (tertiary/aromatic N) is 1. The van der Waals surface area contributed by atoms with E-state index in [1.54, 1.807) is 11.1 Å². The van der Waals surface area contributed by atoms with Gasteiger partial charge in [0.2, 0.25) is 0 Å². The van der Waals surface area contributed by atoms with Crippen LogP contribution < -0.4 is 0 Å². The van der Waals surface area contributed by atoms with Gasteiger partial charge in [0, 0.05) is 12.1 Å². The first kappa shape index (κ1) is 8.05. The standard InChI is InChI=1S/C9H13NO/c1-3-5-8-6-7-10(4-2)9(8)11/h4-5H,2-3,6-7H2,1H3. The number of amides is 1. The van der Waals surface area contributed by atoms with Crippen LogP contribution in [0.5, 0.6) is 0 Å².